The number of fused-ring (bicyclic) bond motifs is 2. The number of benzene rings is 3. The largest absolute Gasteiger partial charge is 0.456 e. The molecule has 0 fully saturated rings. The molecule has 0 amide bonds. The first-order chi connectivity index (χ1) is 18.0. The topological polar surface area (TPSA) is 86.4 Å². The van der Waals surface area contributed by atoms with Crippen LogP contribution in [-0.4, -0.2) is 21.4 Å². The molecule has 194 valence electrons. The number of carbonyl (C=O) groups is 1. The van der Waals surface area contributed by atoms with E-state index in [2.05, 4.69) is 10.4 Å². The average molecular weight is 510 g/mol. The molecule has 0 aliphatic heterocycles. The highest BCUT2D eigenvalue weighted by atomic mass is 16.6. The number of rotatable bonds is 5. The minimum atomic E-state index is -0.610. The van der Waals surface area contributed by atoms with Gasteiger partial charge in [-0.15, -0.1) is 0 Å². The summed E-state index contributed by atoms with van der Waals surface area (Å²) in [5.74, 6) is 0.0818. The molecule has 7 heteroatoms. The number of anilines is 1. The predicted octanol–water partition coefficient (Wildman–Crippen LogP) is 6.78. The van der Waals surface area contributed by atoms with Gasteiger partial charge in [-0.05, 0) is 64.4 Å². The van der Waals surface area contributed by atoms with E-state index in [9.17, 15) is 9.59 Å². The third kappa shape index (κ3) is 4.92. The predicted molar refractivity (Wildman–Crippen MR) is 151 cm³/mol. The molecular formula is C31H31N3O4. The Morgan fingerprint density at radius 1 is 1.08 bits per heavy atom. The SMILES string of the molecule is Cc1cc(C(C)Nc2ccccc2C(=O)OC(C)(C)C)c2oc(-c3ccc4cnn(C)c4c3)cc(=O)c2c1. The second kappa shape index (κ2) is 9.49. The van der Waals surface area contributed by atoms with Crippen molar-refractivity contribution in [1.29, 1.82) is 0 Å². The Morgan fingerprint density at radius 3 is 2.61 bits per heavy atom. The zero-order valence-electron chi connectivity index (χ0n) is 22.5. The highest BCUT2D eigenvalue weighted by Gasteiger charge is 2.22. The van der Waals surface area contributed by atoms with Gasteiger partial charge in [0.2, 0.25) is 0 Å². The van der Waals surface area contributed by atoms with Crippen LogP contribution in [0.3, 0.4) is 0 Å². The fourth-order valence-corrected chi connectivity index (χ4v) is 4.63. The molecule has 0 saturated carbocycles. The van der Waals surface area contributed by atoms with Crippen molar-refractivity contribution in [1.82, 2.24) is 9.78 Å². The number of nitrogens with zero attached hydrogens (tertiary/aromatic N) is 2. The fraction of sp³-hybridized carbons (Fsp3) is 0.258. The molecular weight excluding hydrogens is 478 g/mol. The lowest BCUT2D eigenvalue weighted by molar-refractivity contribution is 0.00706. The minimum Gasteiger partial charge on any atom is -0.456 e. The van der Waals surface area contributed by atoms with Crippen LogP contribution < -0.4 is 10.7 Å². The van der Waals surface area contributed by atoms with Crippen LogP contribution in [0.15, 0.2) is 76.1 Å². The molecule has 3 aromatic carbocycles. The molecule has 5 aromatic rings. The number of carbonyl (C=O) groups excluding carboxylic acids is 1. The summed E-state index contributed by atoms with van der Waals surface area (Å²) in [6, 6.07) is 18.2. The van der Waals surface area contributed by atoms with E-state index < -0.39 is 11.6 Å². The Bertz CT molecular complexity index is 1740. The minimum absolute atomic E-state index is 0.113. The van der Waals surface area contributed by atoms with E-state index >= 15 is 0 Å². The molecule has 2 aromatic heterocycles. The van der Waals surface area contributed by atoms with Crippen LogP contribution in [0.4, 0.5) is 5.69 Å². The Balaban J connectivity index is 1.58. The number of nitrogens with one attached hydrogen (secondary N) is 1. The van der Waals surface area contributed by atoms with Crippen LogP contribution in [0, 0.1) is 6.92 Å². The molecule has 0 bridgehead atoms. The summed E-state index contributed by atoms with van der Waals surface area (Å²) in [7, 11) is 1.88. The van der Waals surface area contributed by atoms with Crippen molar-refractivity contribution in [2.75, 3.05) is 5.32 Å². The zero-order chi connectivity index (χ0) is 27.2. The molecule has 1 unspecified atom stereocenters. The Morgan fingerprint density at radius 2 is 1.84 bits per heavy atom. The molecule has 0 spiro atoms. The molecule has 5 rings (SSSR count). The van der Waals surface area contributed by atoms with Gasteiger partial charge in [0.05, 0.1) is 28.7 Å². The van der Waals surface area contributed by atoms with Gasteiger partial charge >= 0.3 is 5.97 Å². The maximum atomic E-state index is 13.3. The molecule has 0 radical (unpaired) electrons. The lowest BCUT2D eigenvalue weighted by Crippen LogP contribution is -2.24. The maximum absolute atomic E-state index is 13.3. The van der Waals surface area contributed by atoms with Crippen molar-refractivity contribution >= 4 is 33.5 Å². The van der Waals surface area contributed by atoms with Crippen molar-refractivity contribution in [3.63, 3.8) is 0 Å². The van der Waals surface area contributed by atoms with Gasteiger partial charge in [-0.1, -0.05) is 30.3 Å². The second-order valence-corrected chi connectivity index (χ2v) is 10.7. The van der Waals surface area contributed by atoms with Gasteiger partial charge in [0.1, 0.15) is 16.9 Å². The van der Waals surface area contributed by atoms with Crippen LogP contribution in [-0.2, 0) is 11.8 Å². The number of hydrogen-bond donors (Lipinski definition) is 1. The molecule has 1 atom stereocenters. The van der Waals surface area contributed by atoms with Crippen LogP contribution in [0.2, 0.25) is 0 Å². The first-order valence-corrected chi connectivity index (χ1v) is 12.6. The Hall–Kier alpha value is -4.39. The van der Waals surface area contributed by atoms with Gasteiger partial charge in [0.25, 0.3) is 0 Å². The molecule has 38 heavy (non-hydrogen) atoms. The first-order valence-electron chi connectivity index (χ1n) is 12.6. The van der Waals surface area contributed by atoms with Gasteiger partial charge in [-0.25, -0.2) is 4.79 Å². The van der Waals surface area contributed by atoms with Crippen LogP contribution in [0.25, 0.3) is 33.2 Å². The third-order valence-corrected chi connectivity index (χ3v) is 6.42. The molecule has 2 heterocycles. The first kappa shape index (κ1) is 25.3. The van der Waals surface area contributed by atoms with E-state index in [4.69, 9.17) is 9.15 Å². The average Bonchev–Trinajstić information content (AvgIpc) is 3.23. The zero-order valence-corrected chi connectivity index (χ0v) is 22.5. The van der Waals surface area contributed by atoms with Crippen molar-refractivity contribution in [2.45, 2.75) is 46.3 Å². The number of esters is 1. The summed E-state index contributed by atoms with van der Waals surface area (Å²) in [6.07, 6.45) is 1.80. The normalized spacial score (nSPS) is 12.6. The summed E-state index contributed by atoms with van der Waals surface area (Å²) in [4.78, 5) is 26.1. The Kier molecular flexibility index (Phi) is 6.31. The summed E-state index contributed by atoms with van der Waals surface area (Å²) >= 11 is 0. The third-order valence-electron chi connectivity index (χ3n) is 6.42. The monoisotopic (exact) mass is 509 g/mol. The highest BCUT2D eigenvalue weighted by molar-refractivity contribution is 5.96. The summed E-state index contributed by atoms with van der Waals surface area (Å²) in [6.45, 7) is 9.46. The van der Waals surface area contributed by atoms with E-state index in [1.807, 2.05) is 90.2 Å². The van der Waals surface area contributed by atoms with Crippen molar-refractivity contribution < 1.29 is 13.9 Å². The summed E-state index contributed by atoms with van der Waals surface area (Å²) < 4.78 is 13.8. The van der Waals surface area contributed by atoms with Gasteiger partial charge in [0.15, 0.2) is 5.43 Å². The van der Waals surface area contributed by atoms with Crippen LogP contribution >= 0.6 is 0 Å². The lowest BCUT2D eigenvalue weighted by atomic mass is 10.00. The molecule has 0 saturated heterocycles. The number of ether oxygens (including phenoxy) is 1. The van der Waals surface area contributed by atoms with E-state index in [1.165, 1.54) is 0 Å². The summed E-state index contributed by atoms with van der Waals surface area (Å²) in [5, 5.41) is 9.28. The van der Waals surface area contributed by atoms with Crippen molar-refractivity contribution in [3.8, 4) is 11.3 Å². The van der Waals surface area contributed by atoms with E-state index in [1.54, 1.807) is 23.0 Å². The number of aryl methyl sites for hydroxylation is 2. The molecule has 0 aliphatic carbocycles. The fourth-order valence-electron chi connectivity index (χ4n) is 4.63. The number of aromatic nitrogens is 2. The smallest absolute Gasteiger partial charge is 0.340 e. The van der Waals surface area contributed by atoms with Gasteiger partial charge in [0, 0.05) is 35.3 Å². The van der Waals surface area contributed by atoms with Crippen molar-refractivity contribution in [2.24, 2.45) is 7.05 Å². The standard InChI is InChI=1S/C31H31N3O4/c1-18-13-23(19(2)33-25-10-8-7-9-22(25)30(36)38-31(3,4)5)29-24(14-18)27(35)16-28(37-29)20-11-12-21-17-32-34(6)26(21)15-20/h7-17,19,33H,1-6H3. The van der Waals surface area contributed by atoms with Crippen LogP contribution in [0.5, 0.6) is 0 Å². The van der Waals surface area contributed by atoms with Gasteiger partial charge in [-0.2, -0.15) is 5.10 Å². The van der Waals surface area contributed by atoms with Crippen molar-refractivity contribution in [3.05, 3.63) is 93.8 Å². The molecule has 0 aliphatic rings. The second-order valence-electron chi connectivity index (χ2n) is 10.7. The molecule has 7 nitrogen and oxygen atoms in total. The van der Waals surface area contributed by atoms with Crippen LogP contribution in [0.1, 0.15) is 55.2 Å². The molecule has 1 N–H and O–H groups in total. The number of para-hydroxylation sites is 1. The Labute approximate surface area is 221 Å². The quantitative estimate of drug-likeness (QED) is 0.263. The lowest BCUT2D eigenvalue weighted by Gasteiger charge is -2.22. The van der Waals surface area contributed by atoms with E-state index in [0.717, 1.165) is 27.6 Å². The number of hydrogen-bond acceptors (Lipinski definition) is 6. The van der Waals surface area contributed by atoms with E-state index in [-0.39, 0.29) is 11.5 Å². The van der Waals surface area contributed by atoms with E-state index in [0.29, 0.717) is 28.0 Å². The van der Waals surface area contributed by atoms with Gasteiger partial charge < -0.3 is 14.5 Å². The maximum Gasteiger partial charge on any atom is 0.340 e. The summed E-state index contributed by atoms with van der Waals surface area (Å²) in [5.41, 5.74) is 4.38. The highest BCUT2D eigenvalue weighted by Crippen LogP contribution is 2.32. The van der Waals surface area contributed by atoms with Gasteiger partial charge in [-0.3, -0.25) is 9.48 Å².